The quantitative estimate of drug-likeness (QED) is 0.269. The minimum absolute atomic E-state index is 0.136. The van der Waals surface area contributed by atoms with Crippen LogP contribution in [0.15, 0.2) is 109 Å². The average molecular weight is 482 g/mol. The van der Waals surface area contributed by atoms with Crippen molar-refractivity contribution in [1.82, 2.24) is 0 Å². The van der Waals surface area contributed by atoms with Crippen molar-refractivity contribution in [2.24, 2.45) is 0 Å². The van der Waals surface area contributed by atoms with E-state index in [1.54, 1.807) is 0 Å². The lowest BCUT2D eigenvalue weighted by Gasteiger charge is -2.43. The van der Waals surface area contributed by atoms with Crippen LogP contribution in [0.25, 0.3) is 33.0 Å². The molecule has 1 aliphatic rings. The van der Waals surface area contributed by atoms with Gasteiger partial charge in [0.15, 0.2) is 0 Å². The van der Waals surface area contributed by atoms with Crippen molar-refractivity contribution in [2.45, 2.75) is 51.4 Å². The average Bonchev–Trinajstić information content (AvgIpc) is 2.91. The molecule has 0 bridgehead atoms. The molecule has 5 aromatic carbocycles. The summed E-state index contributed by atoms with van der Waals surface area (Å²) in [6.07, 6.45) is 2.42. The molecule has 6 rings (SSSR count). The van der Waals surface area contributed by atoms with E-state index in [4.69, 9.17) is 0 Å². The van der Waals surface area contributed by atoms with Crippen molar-refractivity contribution in [2.75, 3.05) is 5.32 Å². The minimum Gasteiger partial charge on any atom is -0.355 e. The Morgan fingerprint density at radius 2 is 1.11 bits per heavy atom. The first kappa shape index (κ1) is 23.6. The first-order valence-corrected chi connectivity index (χ1v) is 13.4. The van der Waals surface area contributed by atoms with Crippen LogP contribution in [0.1, 0.15) is 51.7 Å². The van der Waals surface area contributed by atoms with Gasteiger partial charge in [0.1, 0.15) is 0 Å². The van der Waals surface area contributed by atoms with E-state index in [1.807, 2.05) is 0 Å². The molecule has 1 heteroatoms. The number of fused-ring (bicyclic) bond motifs is 2. The molecule has 1 nitrogen and oxygen atoms in total. The zero-order valence-corrected chi connectivity index (χ0v) is 22.3. The van der Waals surface area contributed by atoms with Gasteiger partial charge < -0.3 is 5.32 Å². The summed E-state index contributed by atoms with van der Waals surface area (Å²) in [7, 11) is 0. The van der Waals surface area contributed by atoms with Crippen LogP contribution < -0.4 is 5.32 Å². The van der Waals surface area contributed by atoms with Gasteiger partial charge in [-0.25, -0.2) is 0 Å². The molecule has 0 atom stereocenters. The van der Waals surface area contributed by atoms with Crippen LogP contribution in [0.2, 0.25) is 0 Å². The fraction of sp³-hybridized carbons (Fsp3) is 0.222. The van der Waals surface area contributed by atoms with Crippen LogP contribution in [-0.2, 0) is 10.8 Å². The minimum atomic E-state index is 0.136. The summed E-state index contributed by atoms with van der Waals surface area (Å²) in [6.45, 7) is 9.62. The number of rotatable bonds is 4. The highest BCUT2D eigenvalue weighted by atomic mass is 14.9. The van der Waals surface area contributed by atoms with E-state index in [0.717, 1.165) is 11.4 Å². The van der Waals surface area contributed by atoms with Crippen LogP contribution in [0.4, 0.5) is 11.4 Å². The molecule has 0 saturated carbocycles. The molecule has 0 amide bonds. The topological polar surface area (TPSA) is 12.0 Å². The molecular formula is C36H35N. The first-order chi connectivity index (χ1) is 17.8. The van der Waals surface area contributed by atoms with Gasteiger partial charge in [0.25, 0.3) is 0 Å². The molecule has 0 aliphatic heterocycles. The second-order valence-corrected chi connectivity index (χ2v) is 11.8. The highest BCUT2D eigenvalue weighted by Gasteiger charge is 2.38. The summed E-state index contributed by atoms with van der Waals surface area (Å²) in [5.74, 6) is 0. The van der Waals surface area contributed by atoms with E-state index >= 15 is 0 Å². The van der Waals surface area contributed by atoms with Gasteiger partial charge in [0.2, 0.25) is 0 Å². The Morgan fingerprint density at radius 3 is 1.89 bits per heavy atom. The van der Waals surface area contributed by atoms with Gasteiger partial charge in [-0.3, -0.25) is 0 Å². The Kier molecular flexibility index (Phi) is 5.68. The SMILES string of the molecule is CC1(C)CCC(C)(C)c2c(-c3ccccc3Nc3ccccc3-c3ccc4ccccc4c3)cccc21. The number of benzene rings is 5. The zero-order chi connectivity index (χ0) is 25.6. The van der Waals surface area contributed by atoms with Crippen molar-refractivity contribution in [3.8, 4) is 22.3 Å². The smallest absolute Gasteiger partial charge is 0.0464 e. The number of anilines is 2. The van der Waals surface area contributed by atoms with Gasteiger partial charge in [-0.1, -0.05) is 119 Å². The van der Waals surface area contributed by atoms with E-state index < -0.39 is 0 Å². The summed E-state index contributed by atoms with van der Waals surface area (Å²) >= 11 is 0. The van der Waals surface area contributed by atoms with E-state index in [0.29, 0.717) is 0 Å². The molecule has 1 aliphatic carbocycles. The van der Waals surface area contributed by atoms with Crippen LogP contribution in [0.5, 0.6) is 0 Å². The summed E-state index contributed by atoms with van der Waals surface area (Å²) in [4.78, 5) is 0. The molecule has 0 saturated heterocycles. The van der Waals surface area contributed by atoms with Gasteiger partial charge in [-0.2, -0.15) is 0 Å². The first-order valence-electron chi connectivity index (χ1n) is 13.4. The van der Waals surface area contributed by atoms with Crippen molar-refractivity contribution in [3.63, 3.8) is 0 Å². The van der Waals surface area contributed by atoms with Gasteiger partial charge in [0.05, 0.1) is 0 Å². The maximum atomic E-state index is 3.84. The second kappa shape index (κ2) is 8.92. The van der Waals surface area contributed by atoms with Crippen molar-refractivity contribution < 1.29 is 0 Å². The van der Waals surface area contributed by atoms with Gasteiger partial charge in [0, 0.05) is 22.5 Å². The van der Waals surface area contributed by atoms with E-state index in [-0.39, 0.29) is 10.8 Å². The summed E-state index contributed by atoms with van der Waals surface area (Å²) in [6, 6.07) is 39.6. The van der Waals surface area contributed by atoms with Crippen molar-refractivity contribution in [3.05, 3.63) is 120 Å². The maximum Gasteiger partial charge on any atom is 0.0464 e. The summed E-state index contributed by atoms with van der Waals surface area (Å²) < 4.78 is 0. The Morgan fingerprint density at radius 1 is 0.514 bits per heavy atom. The monoisotopic (exact) mass is 481 g/mol. The predicted molar refractivity (Wildman–Crippen MR) is 160 cm³/mol. The lowest BCUT2D eigenvalue weighted by Crippen LogP contribution is -2.34. The van der Waals surface area contributed by atoms with Crippen molar-refractivity contribution >= 4 is 22.1 Å². The molecule has 0 aromatic heterocycles. The second-order valence-electron chi connectivity index (χ2n) is 11.8. The highest BCUT2D eigenvalue weighted by molar-refractivity contribution is 5.92. The van der Waals surface area contributed by atoms with Crippen molar-refractivity contribution in [1.29, 1.82) is 0 Å². The van der Waals surface area contributed by atoms with Gasteiger partial charge in [-0.15, -0.1) is 0 Å². The number of para-hydroxylation sites is 2. The molecule has 184 valence electrons. The Hall–Kier alpha value is -3.84. The van der Waals surface area contributed by atoms with Crippen LogP contribution in [0.3, 0.4) is 0 Å². The number of hydrogen-bond donors (Lipinski definition) is 1. The molecular weight excluding hydrogens is 446 g/mol. The molecule has 0 spiro atoms. The summed E-state index contributed by atoms with van der Waals surface area (Å²) in [5.41, 5.74) is 10.6. The lowest BCUT2D eigenvalue weighted by molar-refractivity contribution is 0.333. The Balaban J connectivity index is 1.46. The fourth-order valence-electron chi connectivity index (χ4n) is 6.13. The zero-order valence-electron chi connectivity index (χ0n) is 22.3. The molecule has 37 heavy (non-hydrogen) atoms. The van der Waals surface area contributed by atoms with E-state index in [1.165, 1.54) is 57.0 Å². The molecule has 0 unspecified atom stereocenters. The number of hydrogen-bond acceptors (Lipinski definition) is 1. The highest BCUT2D eigenvalue weighted by Crippen LogP contribution is 2.50. The lowest BCUT2D eigenvalue weighted by atomic mass is 9.61. The normalized spacial score (nSPS) is 15.8. The third kappa shape index (κ3) is 4.23. The molecule has 0 radical (unpaired) electrons. The van der Waals surface area contributed by atoms with Crippen LogP contribution in [0, 0.1) is 0 Å². The van der Waals surface area contributed by atoms with Gasteiger partial charge in [-0.05, 0) is 74.9 Å². The fourth-order valence-corrected chi connectivity index (χ4v) is 6.13. The van der Waals surface area contributed by atoms with Gasteiger partial charge >= 0.3 is 0 Å². The standard InChI is InChI=1S/C36H35N/c1-35(2)22-23-36(3,4)34-30(16-11-17-31(34)35)29-15-8-10-19-33(29)37-32-18-9-7-14-28(32)27-21-20-25-12-5-6-13-26(25)24-27/h5-21,24,37H,22-23H2,1-4H3. The molecule has 0 fully saturated rings. The Bertz CT molecular complexity index is 1600. The third-order valence-corrected chi connectivity index (χ3v) is 8.32. The predicted octanol–water partition coefficient (Wildman–Crippen LogP) is 10.3. The molecule has 0 heterocycles. The Labute approximate surface area is 221 Å². The van der Waals surface area contributed by atoms with Crippen LogP contribution >= 0.6 is 0 Å². The van der Waals surface area contributed by atoms with E-state index in [9.17, 15) is 0 Å². The molecule has 5 aromatic rings. The summed E-state index contributed by atoms with van der Waals surface area (Å²) in [5, 5.41) is 6.37. The van der Waals surface area contributed by atoms with E-state index in [2.05, 4.69) is 142 Å². The largest absolute Gasteiger partial charge is 0.355 e. The third-order valence-electron chi connectivity index (χ3n) is 8.32. The van der Waals surface area contributed by atoms with Crippen LogP contribution in [-0.4, -0.2) is 0 Å². The molecule has 1 N–H and O–H groups in total. The number of nitrogens with one attached hydrogen (secondary N) is 1. The maximum absolute atomic E-state index is 3.84.